The Morgan fingerprint density at radius 3 is 2.65 bits per heavy atom. The second-order valence-electron chi connectivity index (χ2n) is 5.59. The summed E-state index contributed by atoms with van der Waals surface area (Å²) in [6, 6.07) is 12.8. The van der Waals surface area contributed by atoms with Crippen LogP contribution in [0, 0.1) is 0 Å². The number of nitrogens with one attached hydrogen (secondary N) is 1. The van der Waals surface area contributed by atoms with Crippen LogP contribution in [0.3, 0.4) is 0 Å². The van der Waals surface area contributed by atoms with E-state index in [-0.39, 0.29) is 5.91 Å². The van der Waals surface area contributed by atoms with Crippen molar-refractivity contribution in [3.63, 3.8) is 0 Å². The quantitative estimate of drug-likeness (QED) is 0.636. The number of carbonyl (C=O) groups is 1. The number of benzene rings is 2. The van der Waals surface area contributed by atoms with Gasteiger partial charge >= 0.3 is 0 Å². The molecule has 0 aliphatic carbocycles. The highest BCUT2D eigenvalue weighted by molar-refractivity contribution is 8.18. The Morgan fingerprint density at radius 2 is 1.96 bits per heavy atom. The third kappa shape index (κ3) is 3.67. The van der Waals surface area contributed by atoms with Crippen LogP contribution in [0.15, 0.2) is 52.4 Å². The van der Waals surface area contributed by atoms with Crippen LogP contribution in [-0.4, -0.2) is 25.3 Å². The van der Waals surface area contributed by atoms with E-state index >= 15 is 0 Å². The van der Waals surface area contributed by atoms with Gasteiger partial charge in [-0.25, -0.2) is 4.99 Å². The van der Waals surface area contributed by atoms with Crippen LogP contribution in [0.2, 0.25) is 0 Å². The monoisotopic (exact) mass is 369 g/mol. The number of hydrogen-bond donors (Lipinski definition) is 2. The van der Waals surface area contributed by atoms with Gasteiger partial charge in [0.15, 0.2) is 5.17 Å². The number of nitrogen functional groups attached to an aromatic ring is 1. The van der Waals surface area contributed by atoms with E-state index in [1.54, 1.807) is 32.4 Å². The minimum atomic E-state index is -0.179. The molecule has 1 aliphatic heterocycles. The molecule has 0 bridgehead atoms. The van der Waals surface area contributed by atoms with E-state index in [4.69, 9.17) is 15.2 Å². The van der Waals surface area contributed by atoms with Crippen molar-refractivity contribution < 1.29 is 14.3 Å². The Balaban J connectivity index is 1.92. The Bertz CT molecular complexity index is 922. The molecule has 134 valence electrons. The second-order valence-corrected chi connectivity index (χ2v) is 6.59. The number of amides is 1. The van der Waals surface area contributed by atoms with Crippen molar-refractivity contribution in [3.8, 4) is 11.5 Å². The second kappa shape index (κ2) is 7.53. The normalized spacial score (nSPS) is 17.2. The first-order valence-electron chi connectivity index (χ1n) is 7.88. The van der Waals surface area contributed by atoms with Gasteiger partial charge in [-0.05, 0) is 54.1 Å². The van der Waals surface area contributed by atoms with Crippen LogP contribution in [0.1, 0.15) is 12.5 Å². The van der Waals surface area contributed by atoms with E-state index in [0.717, 1.165) is 11.1 Å². The minimum absolute atomic E-state index is 0.179. The summed E-state index contributed by atoms with van der Waals surface area (Å²) in [5, 5.41) is 3.29. The smallest absolute Gasteiger partial charge is 0.264 e. The summed E-state index contributed by atoms with van der Waals surface area (Å²) in [6.07, 6.45) is 0. The molecule has 1 fully saturated rings. The summed E-state index contributed by atoms with van der Waals surface area (Å²) in [5.74, 6) is 1.06. The van der Waals surface area contributed by atoms with E-state index in [0.29, 0.717) is 32.9 Å². The molecule has 3 N–H and O–H groups in total. The first-order valence-corrected chi connectivity index (χ1v) is 8.70. The van der Waals surface area contributed by atoms with Gasteiger partial charge < -0.3 is 20.5 Å². The van der Waals surface area contributed by atoms with Gasteiger partial charge in [0.1, 0.15) is 17.2 Å². The van der Waals surface area contributed by atoms with E-state index in [1.807, 2.05) is 31.2 Å². The van der Waals surface area contributed by atoms with Crippen LogP contribution >= 0.6 is 11.8 Å². The van der Waals surface area contributed by atoms with Gasteiger partial charge in [0.05, 0.1) is 19.1 Å². The lowest BCUT2D eigenvalue weighted by Crippen LogP contribution is -2.19. The lowest BCUT2D eigenvalue weighted by atomic mass is 10.1. The van der Waals surface area contributed by atoms with Gasteiger partial charge in [0, 0.05) is 11.8 Å². The molecule has 0 spiro atoms. The number of hydrogen-bond acceptors (Lipinski definition) is 6. The standard InChI is InChI=1S/C19H19N3O3S/c1-11(12-5-4-6-13(20)9-12)17-18(23)22-19(26-17)21-15-8-7-14(24-2)10-16(15)25-3/h4-10H,20H2,1-3H3,(H,21,22,23)/b17-11-. The maximum atomic E-state index is 12.4. The highest BCUT2D eigenvalue weighted by Crippen LogP contribution is 2.36. The zero-order valence-electron chi connectivity index (χ0n) is 14.7. The van der Waals surface area contributed by atoms with Crippen molar-refractivity contribution in [3.05, 3.63) is 52.9 Å². The van der Waals surface area contributed by atoms with Gasteiger partial charge in [0.2, 0.25) is 0 Å². The molecule has 26 heavy (non-hydrogen) atoms. The van der Waals surface area contributed by atoms with Gasteiger partial charge in [-0.2, -0.15) is 0 Å². The molecule has 1 saturated heterocycles. The molecular weight excluding hydrogens is 350 g/mol. The van der Waals surface area contributed by atoms with E-state index in [2.05, 4.69) is 10.3 Å². The van der Waals surface area contributed by atoms with Gasteiger partial charge in [-0.1, -0.05) is 12.1 Å². The molecule has 0 aromatic heterocycles. The first-order chi connectivity index (χ1) is 12.5. The molecule has 3 rings (SSSR count). The van der Waals surface area contributed by atoms with Crippen molar-refractivity contribution in [2.75, 3.05) is 20.0 Å². The molecule has 6 nitrogen and oxygen atoms in total. The van der Waals surface area contributed by atoms with E-state index < -0.39 is 0 Å². The highest BCUT2D eigenvalue weighted by Gasteiger charge is 2.26. The molecule has 2 aromatic carbocycles. The largest absolute Gasteiger partial charge is 0.497 e. The van der Waals surface area contributed by atoms with Gasteiger partial charge in [-0.3, -0.25) is 4.79 Å². The number of thioether (sulfide) groups is 1. The first kappa shape index (κ1) is 17.9. The lowest BCUT2D eigenvalue weighted by Gasteiger charge is -2.07. The van der Waals surface area contributed by atoms with Gasteiger partial charge in [0.25, 0.3) is 5.91 Å². The fourth-order valence-electron chi connectivity index (χ4n) is 2.51. The summed E-state index contributed by atoms with van der Waals surface area (Å²) in [5.41, 5.74) is 8.86. The maximum absolute atomic E-state index is 12.4. The molecule has 2 aromatic rings. The number of aliphatic imine (C=N–C) groups is 1. The van der Waals surface area contributed by atoms with E-state index in [9.17, 15) is 4.79 Å². The van der Waals surface area contributed by atoms with E-state index in [1.165, 1.54) is 11.8 Å². The van der Waals surface area contributed by atoms with Crippen LogP contribution in [0.25, 0.3) is 5.57 Å². The summed E-state index contributed by atoms with van der Waals surface area (Å²) < 4.78 is 10.5. The molecular formula is C19H19N3O3S. The van der Waals surface area contributed by atoms with Crippen molar-refractivity contribution in [1.82, 2.24) is 5.32 Å². The maximum Gasteiger partial charge on any atom is 0.264 e. The predicted octanol–water partition coefficient (Wildman–Crippen LogP) is 3.57. The number of allylic oxidation sites excluding steroid dienone is 1. The van der Waals surface area contributed by atoms with Gasteiger partial charge in [-0.15, -0.1) is 0 Å². The van der Waals surface area contributed by atoms with Crippen LogP contribution < -0.4 is 20.5 Å². The van der Waals surface area contributed by atoms with Crippen molar-refractivity contribution in [2.45, 2.75) is 6.92 Å². The Labute approximate surface area is 156 Å². The van der Waals surface area contributed by atoms with Crippen LogP contribution in [0.4, 0.5) is 11.4 Å². The number of ether oxygens (including phenoxy) is 2. The lowest BCUT2D eigenvalue weighted by molar-refractivity contribution is -0.115. The molecule has 0 unspecified atom stereocenters. The fourth-order valence-corrected chi connectivity index (χ4v) is 3.41. The molecule has 1 amide bonds. The van der Waals surface area contributed by atoms with Crippen LogP contribution in [-0.2, 0) is 4.79 Å². The highest BCUT2D eigenvalue weighted by atomic mass is 32.2. The zero-order valence-corrected chi connectivity index (χ0v) is 15.5. The Morgan fingerprint density at radius 1 is 1.15 bits per heavy atom. The summed E-state index contributed by atoms with van der Waals surface area (Å²) >= 11 is 1.29. The fraction of sp³-hybridized carbons (Fsp3) is 0.158. The average Bonchev–Trinajstić information content (AvgIpc) is 3.01. The Hall–Kier alpha value is -2.93. The number of nitrogens with zero attached hydrogens (tertiary/aromatic N) is 1. The SMILES string of the molecule is COc1ccc(N=C2NC(=O)/C(=C(\C)c3cccc(N)c3)S2)c(OC)c1. The number of anilines is 1. The number of rotatable bonds is 4. The molecule has 1 heterocycles. The molecule has 7 heteroatoms. The third-order valence-corrected chi connectivity index (χ3v) is 4.98. The molecule has 0 radical (unpaired) electrons. The topological polar surface area (TPSA) is 85.9 Å². The molecule has 0 saturated carbocycles. The minimum Gasteiger partial charge on any atom is -0.497 e. The van der Waals surface area contributed by atoms with Crippen molar-refractivity contribution in [2.24, 2.45) is 4.99 Å². The number of methoxy groups -OCH3 is 2. The molecule has 0 atom stereocenters. The Kier molecular flexibility index (Phi) is 5.18. The summed E-state index contributed by atoms with van der Waals surface area (Å²) in [4.78, 5) is 17.5. The third-order valence-electron chi connectivity index (χ3n) is 3.89. The van der Waals surface area contributed by atoms with Crippen molar-refractivity contribution >= 4 is 39.8 Å². The average molecular weight is 369 g/mol. The predicted molar refractivity (Wildman–Crippen MR) is 106 cm³/mol. The van der Waals surface area contributed by atoms with Crippen molar-refractivity contribution in [1.29, 1.82) is 0 Å². The summed E-state index contributed by atoms with van der Waals surface area (Å²) in [7, 11) is 3.15. The zero-order chi connectivity index (χ0) is 18.7. The van der Waals surface area contributed by atoms with Crippen LogP contribution in [0.5, 0.6) is 11.5 Å². The number of carbonyl (C=O) groups excluding carboxylic acids is 1. The molecule has 1 aliphatic rings. The summed E-state index contributed by atoms with van der Waals surface area (Å²) in [6.45, 7) is 1.90. The number of amidine groups is 1. The number of nitrogens with two attached hydrogens (primary N) is 1.